The molecule has 3 N–H and O–H groups in total. The summed E-state index contributed by atoms with van der Waals surface area (Å²) in [4.78, 5) is 4.36. The Balaban J connectivity index is 2.02. The largest absolute Gasteiger partial charge is 0.397 e. The number of halogens is 1. The van der Waals surface area contributed by atoms with Gasteiger partial charge in [0.1, 0.15) is 5.82 Å². The molecule has 2 rings (SSSR count). The zero-order valence-corrected chi connectivity index (χ0v) is 11.2. The molecule has 0 aliphatic rings. The smallest absolute Gasteiger partial charge is 0.126 e. The van der Waals surface area contributed by atoms with E-state index >= 15 is 0 Å². The number of benzene rings is 1. The molecule has 1 heterocycles. The molecule has 0 saturated carbocycles. The Labute approximate surface area is 109 Å². The number of nitrogens with zero attached hydrogens (tertiary/aromatic N) is 1. The number of hydrogen-bond donors (Lipinski definition) is 2. The Kier molecular flexibility index (Phi) is 3.64. The van der Waals surface area contributed by atoms with Gasteiger partial charge in [0, 0.05) is 11.0 Å². The number of nitrogens with two attached hydrogens (primary N) is 1. The molecular weight excluding hydrogens is 278 g/mol. The fourth-order valence-electron chi connectivity index (χ4n) is 1.47. The second-order valence-electron chi connectivity index (χ2n) is 3.85. The third kappa shape index (κ3) is 3.20. The summed E-state index contributed by atoms with van der Waals surface area (Å²) < 4.78 is 1.09. The van der Waals surface area contributed by atoms with E-state index in [-0.39, 0.29) is 0 Å². The van der Waals surface area contributed by atoms with Gasteiger partial charge >= 0.3 is 0 Å². The van der Waals surface area contributed by atoms with E-state index in [0.29, 0.717) is 0 Å². The van der Waals surface area contributed by atoms with Gasteiger partial charge in [-0.15, -0.1) is 0 Å². The first-order valence-electron chi connectivity index (χ1n) is 5.36. The van der Waals surface area contributed by atoms with Gasteiger partial charge in [0.2, 0.25) is 0 Å². The number of rotatable bonds is 3. The van der Waals surface area contributed by atoms with E-state index < -0.39 is 0 Å². The average molecular weight is 292 g/mol. The van der Waals surface area contributed by atoms with E-state index in [1.165, 1.54) is 5.56 Å². The number of pyridine rings is 1. The first-order valence-corrected chi connectivity index (χ1v) is 6.16. The first kappa shape index (κ1) is 11.9. The van der Waals surface area contributed by atoms with E-state index in [1.54, 1.807) is 0 Å². The van der Waals surface area contributed by atoms with Crippen molar-refractivity contribution < 1.29 is 0 Å². The number of hydrogen-bond acceptors (Lipinski definition) is 3. The van der Waals surface area contributed by atoms with Crippen LogP contribution in [0.15, 0.2) is 40.9 Å². The van der Waals surface area contributed by atoms with E-state index in [4.69, 9.17) is 5.73 Å². The molecule has 0 bridgehead atoms. The lowest BCUT2D eigenvalue weighted by Crippen LogP contribution is -2.03. The summed E-state index contributed by atoms with van der Waals surface area (Å²) >= 11 is 3.41. The lowest BCUT2D eigenvalue weighted by atomic mass is 10.2. The van der Waals surface area contributed by atoms with Crippen molar-refractivity contribution in [2.75, 3.05) is 11.1 Å². The summed E-state index contributed by atoms with van der Waals surface area (Å²) in [6, 6.07) is 12.0. The average Bonchev–Trinajstić information content (AvgIpc) is 2.33. The maximum Gasteiger partial charge on any atom is 0.126 e. The van der Waals surface area contributed by atoms with Gasteiger partial charge < -0.3 is 11.1 Å². The van der Waals surface area contributed by atoms with Crippen LogP contribution in [0.2, 0.25) is 0 Å². The predicted molar refractivity (Wildman–Crippen MR) is 74.9 cm³/mol. The van der Waals surface area contributed by atoms with Crippen LogP contribution in [0.3, 0.4) is 0 Å². The van der Waals surface area contributed by atoms with E-state index in [1.807, 2.05) is 31.2 Å². The SMILES string of the molecule is Cc1nc(NCc2ccc(Br)cc2)ccc1N. The summed E-state index contributed by atoms with van der Waals surface area (Å²) in [5.74, 6) is 0.847. The first-order chi connectivity index (χ1) is 8.15. The summed E-state index contributed by atoms with van der Waals surface area (Å²) in [5, 5.41) is 3.27. The summed E-state index contributed by atoms with van der Waals surface area (Å²) in [6.45, 7) is 2.66. The van der Waals surface area contributed by atoms with Crippen LogP contribution in [-0.2, 0) is 6.54 Å². The summed E-state index contributed by atoms with van der Waals surface area (Å²) in [7, 11) is 0. The highest BCUT2D eigenvalue weighted by molar-refractivity contribution is 9.10. The highest BCUT2D eigenvalue weighted by Crippen LogP contribution is 2.14. The minimum absolute atomic E-state index is 0.721. The zero-order chi connectivity index (χ0) is 12.3. The van der Waals surface area contributed by atoms with Crippen LogP contribution in [0.25, 0.3) is 0 Å². The number of anilines is 2. The quantitative estimate of drug-likeness (QED) is 0.912. The molecule has 4 heteroatoms. The van der Waals surface area contributed by atoms with Gasteiger partial charge in [-0.1, -0.05) is 28.1 Å². The zero-order valence-electron chi connectivity index (χ0n) is 9.57. The van der Waals surface area contributed by atoms with Gasteiger partial charge in [0.05, 0.1) is 11.4 Å². The third-order valence-electron chi connectivity index (χ3n) is 2.51. The van der Waals surface area contributed by atoms with Crippen LogP contribution in [0.4, 0.5) is 11.5 Å². The van der Waals surface area contributed by atoms with Gasteiger partial charge in [0.15, 0.2) is 0 Å². The summed E-state index contributed by atoms with van der Waals surface area (Å²) in [6.07, 6.45) is 0. The highest BCUT2D eigenvalue weighted by atomic mass is 79.9. The fraction of sp³-hybridized carbons (Fsp3) is 0.154. The maximum absolute atomic E-state index is 5.72. The predicted octanol–water partition coefficient (Wildman–Crippen LogP) is 3.35. The van der Waals surface area contributed by atoms with Gasteiger partial charge in [-0.2, -0.15) is 0 Å². The molecule has 2 aromatic rings. The Bertz CT molecular complexity index is 509. The molecule has 0 saturated heterocycles. The Morgan fingerprint density at radius 1 is 1.18 bits per heavy atom. The van der Waals surface area contributed by atoms with Crippen molar-refractivity contribution in [2.24, 2.45) is 0 Å². The fourth-order valence-corrected chi connectivity index (χ4v) is 1.73. The molecule has 1 aromatic carbocycles. The second-order valence-corrected chi connectivity index (χ2v) is 4.77. The van der Waals surface area contributed by atoms with Gasteiger partial charge in [0.25, 0.3) is 0 Å². The van der Waals surface area contributed by atoms with Crippen molar-refractivity contribution in [1.29, 1.82) is 0 Å². The molecule has 1 aromatic heterocycles. The van der Waals surface area contributed by atoms with Crippen LogP contribution in [0.5, 0.6) is 0 Å². The van der Waals surface area contributed by atoms with Crippen molar-refractivity contribution in [2.45, 2.75) is 13.5 Å². The molecule has 3 nitrogen and oxygen atoms in total. The third-order valence-corrected chi connectivity index (χ3v) is 3.04. The maximum atomic E-state index is 5.72. The molecule has 0 aliphatic heterocycles. The lowest BCUT2D eigenvalue weighted by Gasteiger charge is -2.07. The molecule has 0 spiro atoms. The van der Waals surface area contributed by atoms with E-state index in [2.05, 4.69) is 38.4 Å². The highest BCUT2D eigenvalue weighted by Gasteiger charge is 1.98. The van der Waals surface area contributed by atoms with Gasteiger partial charge in [-0.3, -0.25) is 0 Å². The topological polar surface area (TPSA) is 50.9 Å². The minimum Gasteiger partial charge on any atom is -0.397 e. The molecule has 0 aliphatic carbocycles. The Hall–Kier alpha value is -1.55. The van der Waals surface area contributed by atoms with Crippen molar-refractivity contribution in [3.05, 3.63) is 52.1 Å². The normalized spacial score (nSPS) is 10.2. The number of aromatic nitrogens is 1. The molecule has 17 heavy (non-hydrogen) atoms. The van der Waals surface area contributed by atoms with E-state index in [0.717, 1.165) is 28.2 Å². The molecule has 0 radical (unpaired) electrons. The van der Waals surface area contributed by atoms with Crippen LogP contribution < -0.4 is 11.1 Å². The van der Waals surface area contributed by atoms with Crippen molar-refractivity contribution in [3.8, 4) is 0 Å². The van der Waals surface area contributed by atoms with Crippen LogP contribution in [0, 0.1) is 6.92 Å². The van der Waals surface area contributed by atoms with Crippen LogP contribution in [0.1, 0.15) is 11.3 Å². The number of nitrogen functional groups attached to an aromatic ring is 1. The molecule has 0 amide bonds. The molecule has 0 fully saturated rings. The minimum atomic E-state index is 0.721. The van der Waals surface area contributed by atoms with Gasteiger partial charge in [-0.05, 0) is 36.8 Å². The molecule has 0 unspecified atom stereocenters. The number of nitrogens with one attached hydrogen (secondary N) is 1. The van der Waals surface area contributed by atoms with Crippen molar-refractivity contribution >= 4 is 27.4 Å². The molecular formula is C13H14BrN3. The molecule has 88 valence electrons. The monoisotopic (exact) mass is 291 g/mol. The standard InChI is InChI=1S/C13H14BrN3/c1-9-12(15)6-7-13(17-9)16-8-10-2-4-11(14)5-3-10/h2-7H,8,15H2,1H3,(H,16,17). The van der Waals surface area contributed by atoms with Crippen molar-refractivity contribution in [1.82, 2.24) is 4.98 Å². The Morgan fingerprint density at radius 2 is 1.88 bits per heavy atom. The van der Waals surface area contributed by atoms with Crippen LogP contribution >= 0.6 is 15.9 Å². The second kappa shape index (κ2) is 5.19. The van der Waals surface area contributed by atoms with Crippen LogP contribution in [-0.4, -0.2) is 4.98 Å². The van der Waals surface area contributed by atoms with Crippen molar-refractivity contribution in [3.63, 3.8) is 0 Å². The lowest BCUT2D eigenvalue weighted by molar-refractivity contribution is 1.09. The van der Waals surface area contributed by atoms with E-state index in [9.17, 15) is 0 Å². The summed E-state index contributed by atoms with van der Waals surface area (Å²) in [5.41, 5.74) is 8.50. The molecule has 0 atom stereocenters. The number of aryl methyl sites for hydroxylation is 1. The van der Waals surface area contributed by atoms with Gasteiger partial charge in [-0.25, -0.2) is 4.98 Å². The Morgan fingerprint density at radius 3 is 2.53 bits per heavy atom.